The summed E-state index contributed by atoms with van der Waals surface area (Å²) in [6, 6.07) is 8.24. The molecule has 0 aromatic carbocycles. The van der Waals surface area contributed by atoms with Crippen molar-refractivity contribution in [1.82, 2.24) is 25.2 Å². The number of hydrogen-bond donors (Lipinski definition) is 2. The van der Waals surface area contributed by atoms with Crippen molar-refractivity contribution < 1.29 is 4.74 Å². The number of ether oxygens (including phenoxy) is 1. The first-order valence-corrected chi connectivity index (χ1v) is 11.3. The van der Waals surface area contributed by atoms with Crippen LogP contribution in [-0.2, 0) is 23.2 Å². The van der Waals surface area contributed by atoms with Gasteiger partial charge in [0, 0.05) is 44.5 Å². The number of likely N-dealkylation sites (N-methyl/N-ethyl adjacent to an activating group) is 1. The third-order valence-electron chi connectivity index (χ3n) is 6.76. The van der Waals surface area contributed by atoms with E-state index in [1.807, 2.05) is 32.4 Å². The summed E-state index contributed by atoms with van der Waals surface area (Å²) in [6.45, 7) is 8.02. The van der Waals surface area contributed by atoms with E-state index >= 15 is 0 Å². The summed E-state index contributed by atoms with van der Waals surface area (Å²) < 4.78 is 5.39. The monoisotopic (exact) mass is 434 g/mol. The van der Waals surface area contributed by atoms with E-state index in [9.17, 15) is 4.79 Å². The lowest BCUT2D eigenvalue weighted by atomic mass is 9.92. The van der Waals surface area contributed by atoms with E-state index in [-0.39, 0.29) is 11.1 Å². The molecule has 8 heteroatoms. The highest BCUT2D eigenvalue weighted by molar-refractivity contribution is 5.74. The maximum absolute atomic E-state index is 12.1. The van der Waals surface area contributed by atoms with Gasteiger partial charge in [-0.3, -0.25) is 19.7 Å². The molecule has 0 bridgehead atoms. The quantitative estimate of drug-likeness (QED) is 0.610. The Kier molecular flexibility index (Phi) is 5.67. The van der Waals surface area contributed by atoms with Gasteiger partial charge in [-0.05, 0) is 43.3 Å². The van der Waals surface area contributed by atoms with Crippen LogP contribution in [0, 0.1) is 0 Å². The van der Waals surface area contributed by atoms with Crippen LogP contribution in [0.3, 0.4) is 0 Å². The molecule has 0 aliphatic carbocycles. The van der Waals surface area contributed by atoms with Crippen molar-refractivity contribution in [1.29, 1.82) is 0 Å². The van der Waals surface area contributed by atoms with Crippen LogP contribution < -0.4 is 15.8 Å². The first kappa shape index (κ1) is 21.1. The van der Waals surface area contributed by atoms with Gasteiger partial charge in [0.2, 0.25) is 0 Å². The number of H-pyrrole nitrogens is 1. The van der Waals surface area contributed by atoms with E-state index in [0.29, 0.717) is 19.6 Å². The van der Waals surface area contributed by atoms with Crippen LogP contribution in [0.25, 0.3) is 11.0 Å². The fraction of sp³-hybridized carbons (Fsp3) is 0.458. The molecule has 3 aromatic rings. The van der Waals surface area contributed by atoms with E-state index in [2.05, 4.69) is 43.3 Å². The molecule has 2 N–H and O–H groups in total. The van der Waals surface area contributed by atoms with Crippen LogP contribution in [-0.4, -0.2) is 66.3 Å². The highest BCUT2D eigenvalue weighted by atomic mass is 16.5. The van der Waals surface area contributed by atoms with Crippen molar-refractivity contribution in [2.24, 2.45) is 0 Å². The second-order valence-electron chi connectivity index (χ2n) is 8.74. The van der Waals surface area contributed by atoms with Gasteiger partial charge in [-0.1, -0.05) is 6.92 Å². The fourth-order valence-corrected chi connectivity index (χ4v) is 4.52. The molecule has 0 unspecified atom stereocenters. The molecule has 0 spiro atoms. The van der Waals surface area contributed by atoms with E-state index < -0.39 is 0 Å². The number of piperazine rings is 1. The molecular formula is C24H30N6O2. The Bertz CT molecular complexity index is 1140. The summed E-state index contributed by atoms with van der Waals surface area (Å²) in [6.07, 6.45) is 4.62. The number of aromatic nitrogens is 3. The highest BCUT2D eigenvalue weighted by Crippen LogP contribution is 2.29. The number of aryl methyl sites for hydroxylation is 1. The molecule has 2 saturated heterocycles. The molecule has 2 fully saturated rings. The lowest BCUT2D eigenvalue weighted by Crippen LogP contribution is -2.56. The van der Waals surface area contributed by atoms with Gasteiger partial charge in [-0.2, -0.15) is 0 Å². The topological polar surface area (TPSA) is 86.4 Å². The Balaban J connectivity index is 1.21. The largest absolute Gasteiger partial charge is 0.377 e. The standard InChI is InChI=1S/C24H30N6O2/c1-3-18-11-20-21(28-23(18)31)10-17(12-26-20)14-29-6-8-30(9-7-29)19-4-5-22(27-13-19)24(25-2)15-32-16-24/h4-5,10-13,25H,3,6-9,14-16H2,1-2H3,(H,28,31). The van der Waals surface area contributed by atoms with E-state index in [4.69, 9.17) is 9.72 Å². The molecule has 3 aromatic heterocycles. The molecule has 0 amide bonds. The number of anilines is 1. The van der Waals surface area contributed by atoms with Gasteiger partial charge in [0.05, 0.1) is 41.8 Å². The first-order chi connectivity index (χ1) is 15.6. The first-order valence-electron chi connectivity index (χ1n) is 11.3. The summed E-state index contributed by atoms with van der Waals surface area (Å²) in [5.74, 6) is 0. The van der Waals surface area contributed by atoms with Crippen LogP contribution in [0.4, 0.5) is 5.69 Å². The number of pyridine rings is 3. The van der Waals surface area contributed by atoms with Gasteiger partial charge in [0.15, 0.2) is 0 Å². The number of nitrogens with zero attached hydrogens (tertiary/aromatic N) is 4. The van der Waals surface area contributed by atoms with Crippen molar-refractivity contribution in [3.05, 3.63) is 63.8 Å². The minimum atomic E-state index is -0.131. The van der Waals surface area contributed by atoms with Crippen LogP contribution in [0.15, 0.2) is 41.5 Å². The average molecular weight is 435 g/mol. The molecule has 0 atom stereocenters. The third-order valence-corrected chi connectivity index (χ3v) is 6.76. The number of fused-ring (bicyclic) bond motifs is 1. The number of hydrogen-bond acceptors (Lipinski definition) is 7. The van der Waals surface area contributed by atoms with E-state index in [1.165, 1.54) is 0 Å². The van der Waals surface area contributed by atoms with Crippen molar-refractivity contribution in [2.75, 3.05) is 51.3 Å². The van der Waals surface area contributed by atoms with Crippen molar-refractivity contribution in [3.8, 4) is 0 Å². The van der Waals surface area contributed by atoms with Crippen molar-refractivity contribution in [2.45, 2.75) is 25.4 Å². The van der Waals surface area contributed by atoms with Gasteiger partial charge in [-0.25, -0.2) is 0 Å². The highest BCUT2D eigenvalue weighted by Gasteiger charge is 2.40. The summed E-state index contributed by atoms with van der Waals surface area (Å²) in [5.41, 5.74) is 5.62. The van der Waals surface area contributed by atoms with Gasteiger partial charge in [0.1, 0.15) is 5.54 Å². The summed E-state index contributed by atoms with van der Waals surface area (Å²) >= 11 is 0. The number of aromatic amines is 1. The Morgan fingerprint density at radius 2 is 1.94 bits per heavy atom. The van der Waals surface area contributed by atoms with Crippen LogP contribution in [0.1, 0.15) is 23.7 Å². The third kappa shape index (κ3) is 3.90. The zero-order valence-electron chi connectivity index (χ0n) is 18.7. The van der Waals surface area contributed by atoms with E-state index in [1.54, 1.807) is 0 Å². The second kappa shape index (κ2) is 8.61. The average Bonchev–Trinajstić information content (AvgIpc) is 2.79. The molecule has 168 valence electrons. The van der Waals surface area contributed by atoms with Gasteiger partial charge in [-0.15, -0.1) is 0 Å². The summed E-state index contributed by atoms with van der Waals surface area (Å²) in [5, 5.41) is 3.35. The molecular weight excluding hydrogens is 404 g/mol. The lowest BCUT2D eigenvalue weighted by Gasteiger charge is -2.41. The molecule has 32 heavy (non-hydrogen) atoms. The number of nitrogens with one attached hydrogen (secondary N) is 2. The Labute approximate surface area is 187 Å². The van der Waals surface area contributed by atoms with Gasteiger partial charge >= 0.3 is 0 Å². The minimum absolute atomic E-state index is 0.0161. The van der Waals surface area contributed by atoms with Crippen LogP contribution >= 0.6 is 0 Å². The molecule has 0 radical (unpaired) electrons. The Morgan fingerprint density at radius 3 is 2.56 bits per heavy atom. The predicted octanol–water partition coefficient (Wildman–Crippen LogP) is 1.65. The predicted molar refractivity (Wildman–Crippen MR) is 125 cm³/mol. The molecule has 0 saturated carbocycles. The molecule has 8 nitrogen and oxygen atoms in total. The fourth-order valence-electron chi connectivity index (χ4n) is 4.52. The van der Waals surface area contributed by atoms with Gasteiger partial charge < -0.3 is 19.9 Å². The smallest absolute Gasteiger partial charge is 0.251 e. The van der Waals surface area contributed by atoms with Crippen molar-refractivity contribution in [3.63, 3.8) is 0 Å². The molecule has 2 aliphatic rings. The zero-order valence-corrected chi connectivity index (χ0v) is 18.7. The Morgan fingerprint density at radius 1 is 1.12 bits per heavy atom. The maximum atomic E-state index is 12.1. The zero-order chi connectivity index (χ0) is 22.1. The lowest BCUT2D eigenvalue weighted by molar-refractivity contribution is -0.0769. The molecule has 5 rings (SSSR count). The Hall–Kier alpha value is -2.81. The summed E-state index contributed by atoms with van der Waals surface area (Å²) in [4.78, 5) is 29.2. The van der Waals surface area contributed by atoms with Gasteiger partial charge in [0.25, 0.3) is 5.56 Å². The maximum Gasteiger partial charge on any atom is 0.251 e. The summed E-state index contributed by atoms with van der Waals surface area (Å²) in [7, 11) is 1.96. The molecule has 5 heterocycles. The van der Waals surface area contributed by atoms with Crippen molar-refractivity contribution >= 4 is 16.7 Å². The number of rotatable bonds is 6. The SMILES string of the molecule is CCc1cc2ncc(CN3CCN(c4ccc(C5(NC)COC5)nc4)CC3)cc2[nH]c1=O. The van der Waals surface area contributed by atoms with Crippen LogP contribution in [0.2, 0.25) is 0 Å². The van der Waals surface area contributed by atoms with Crippen LogP contribution in [0.5, 0.6) is 0 Å². The van der Waals surface area contributed by atoms with E-state index in [0.717, 1.165) is 66.3 Å². The minimum Gasteiger partial charge on any atom is -0.377 e. The normalized spacial score (nSPS) is 18.6. The second-order valence-corrected chi connectivity index (χ2v) is 8.74. The molecule has 2 aliphatic heterocycles.